The molecule has 1 aromatic carbocycles. The van der Waals surface area contributed by atoms with Crippen LogP contribution in [0.3, 0.4) is 0 Å². The van der Waals surface area contributed by atoms with Crippen LogP contribution in [0.25, 0.3) is 0 Å². The summed E-state index contributed by atoms with van der Waals surface area (Å²) in [4.78, 5) is 19.5. The Bertz CT molecular complexity index is 233. The van der Waals surface area contributed by atoms with Gasteiger partial charge in [-0.05, 0) is 0 Å². The molecule has 0 heterocycles. The van der Waals surface area contributed by atoms with Crippen molar-refractivity contribution in [1.29, 1.82) is 0 Å². The van der Waals surface area contributed by atoms with E-state index >= 15 is 0 Å². The van der Waals surface area contributed by atoms with Crippen LogP contribution in [0.4, 0.5) is 0 Å². The second-order valence-corrected chi connectivity index (χ2v) is 2.25. The molecule has 0 unspecified atom stereocenters. The Hall–Kier alpha value is -1.24. The van der Waals surface area contributed by atoms with Crippen molar-refractivity contribution in [3.63, 3.8) is 0 Å². The third kappa shape index (κ3) is 15.5. The Morgan fingerprint density at radius 3 is 1.93 bits per heavy atom. The smallest absolute Gasteiger partial charge is 0.479 e. The van der Waals surface area contributed by atoms with Crippen LogP contribution < -0.4 is 18.9 Å². The molecule has 4 nitrogen and oxygen atoms in total. The van der Waals surface area contributed by atoms with Crippen LogP contribution in [0.5, 0.6) is 0 Å². The first-order valence-corrected chi connectivity index (χ1v) is 3.89. The summed E-state index contributed by atoms with van der Waals surface area (Å²) < 4.78 is 4.06. The van der Waals surface area contributed by atoms with Crippen molar-refractivity contribution in [2.24, 2.45) is 0 Å². The standard InChI is InChI=1S/C6H5.C4H6O4.Li/c1-2-4-6-5-3-1;1-3(5)8-2-4(6)7;/h1-5H;2H2,1H3,(H,6,7);/q-1;;+1. The third-order valence-electron chi connectivity index (χ3n) is 1.01. The van der Waals surface area contributed by atoms with Gasteiger partial charge in [0, 0.05) is 6.92 Å². The molecular formula is C10H11LiO4. The van der Waals surface area contributed by atoms with Crippen molar-refractivity contribution < 1.29 is 38.3 Å². The number of carboxylic acid groups (broad SMARTS) is 1. The molecule has 1 rings (SSSR count). The average molecular weight is 202 g/mol. The van der Waals surface area contributed by atoms with Gasteiger partial charge in [0.1, 0.15) is 0 Å². The van der Waals surface area contributed by atoms with Gasteiger partial charge in [-0.2, -0.15) is 36.4 Å². The van der Waals surface area contributed by atoms with Gasteiger partial charge in [0.15, 0.2) is 6.61 Å². The molecule has 1 aromatic rings. The molecule has 0 aromatic heterocycles. The average Bonchev–Trinajstić information content (AvgIpc) is 2.18. The van der Waals surface area contributed by atoms with Crippen LogP contribution >= 0.6 is 0 Å². The molecule has 0 amide bonds. The minimum absolute atomic E-state index is 0. The van der Waals surface area contributed by atoms with E-state index in [1.807, 2.05) is 30.3 Å². The molecule has 0 fully saturated rings. The molecule has 0 aliphatic rings. The molecule has 0 spiro atoms. The van der Waals surface area contributed by atoms with Gasteiger partial charge in [-0.3, -0.25) is 4.79 Å². The van der Waals surface area contributed by atoms with Crippen LogP contribution in [-0.4, -0.2) is 23.7 Å². The Balaban J connectivity index is 0. The molecular weight excluding hydrogens is 191 g/mol. The van der Waals surface area contributed by atoms with Gasteiger partial charge in [0.25, 0.3) is 0 Å². The number of carbonyl (C=O) groups is 2. The van der Waals surface area contributed by atoms with Crippen molar-refractivity contribution in [3.8, 4) is 0 Å². The van der Waals surface area contributed by atoms with E-state index in [4.69, 9.17) is 5.11 Å². The Kier molecular flexibility index (Phi) is 11.7. The number of carboxylic acids is 1. The zero-order valence-electron chi connectivity index (χ0n) is 8.77. The van der Waals surface area contributed by atoms with Gasteiger partial charge in [-0.1, -0.05) is 0 Å². The summed E-state index contributed by atoms with van der Waals surface area (Å²) in [7, 11) is 0. The van der Waals surface area contributed by atoms with E-state index in [9.17, 15) is 9.59 Å². The first-order valence-electron chi connectivity index (χ1n) is 3.89. The van der Waals surface area contributed by atoms with Crippen molar-refractivity contribution >= 4 is 11.9 Å². The van der Waals surface area contributed by atoms with Gasteiger partial charge < -0.3 is 9.84 Å². The quantitative estimate of drug-likeness (QED) is 0.346. The Morgan fingerprint density at radius 2 is 1.80 bits per heavy atom. The maximum absolute atomic E-state index is 9.86. The van der Waals surface area contributed by atoms with E-state index in [0.717, 1.165) is 6.92 Å². The number of aliphatic carboxylic acids is 1. The van der Waals surface area contributed by atoms with Crippen molar-refractivity contribution in [2.45, 2.75) is 6.92 Å². The number of rotatable bonds is 2. The van der Waals surface area contributed by atoms with Crippen molar-refractivity contribution in [2.75, 3.05) is 6.61 Å². The Morgan fingerprint density at radius 1 is 1.27 bits per heavy atom. The first kappa shape index (κ1) is 16.2. The van der Waals surface area contributed by atoms with Crippen molar-refractivity contribution in [1.82, 2.24) is 0 Å². The first-order chi connectivity index (χ1) is 6.63. The fourth-order valence-corrected chi connectivity index (χ4v) is 0.505. The molecule has 5 heteroatoms. The van der Waals surface area contributed by atoms with Gasteiger partial charge >= 0.3 is 30.8 Å². The van der Waals surface area contributed by atoms with Crippen LogP contribution in [0, 0.1) is 6.07 Å². The second-order valence-electron chi connectivity index (χ2n) is 2.25. The van der Waals surface area contributed by atoms with E-state index in [0.29, 0.717) is 0 Å². The van der Waals surface area contributed by atoms with Crippen LogP contribution in [0.1, 0.15) is 6.92 Å². The van der Waals surface area contributed by atoms with Crippen LogP contribution in [0.2, 0.25) is 0 Å². The third-order valence-corrected chi connectivity index (χ3v) is 1.01. The maximum atomic E-state index is 9.86. The maximum Gasteiger partial charge on any atom is 1.00 e. The zero-order chi connectivity index (χ0) is 10.8. The van der Waals surface area contributed by atoms with E-state index in [1.165, 1.54) is 0 Å². The van der Waals surface area contributed by atoms with Gasteiger partial charge in [0.2, 0.25) is 0 Å². The number of esters is 1. The van der Waals surface area contributed by atoms with E-state index < -0.39 is 18.5 Å². The molecule has 0 aliphatic heterocycles. The summed E-state index contributed by atoms with van der Waals surface area (Å²) in [6.45, 7) is 0.609. The van der Waals surface area contributed by atoms with Crippen LogP contribution in [0.15, 0.2) is 30.3 Å². The largest absolute Gasteiger partial charge is 1.00 e. The number of carbonyl (C=O) groups excluding carboxylic acids is 1. The number of hydrogen-bond donors (Lipinski definition) is 1. The number of hydrogen-bond acceptors (Lipinski definition) is 3. The molecule has 0 atom stereocenters. The molecule has 15 heavy (non-hydrogen) atoms. The fourth-order valence-electron chi connectivity index (χ4n) is 0.505. The molecule has 0 radical (unpaired) electrons. The minimum Gasteiger partial charge on any atom is -0.479 e. The summed E-state index contributed by atoms with van der Waals surface area (Å²) in [6, 6.07) is 12.5. The summed E-state index contributed by atoms with van der Waals surface area (Å²) in [5.74, 6) is -1.72. The molecule has 76 valence electrons. The summed E-state index contributed by atoms with van der Waals surface area (Å²) in [6.07, 6.45) is 0. The normalized spacial score (nSPS) is 7.53. The molecule has 0 bridgehead atoms. The fraction of sp³-hybridized carbons (Fsp3) is 0.200. The van der Waals surface area contributed by atoms with Gasteiger partial charge in [-0.25, -0.2) is 4.79 Å². The second kappa shape index (κ2) is 10.8. The number of benzene rings is 1. The Labute approximate surface area is 100 Å². The van der Waals surface area contributed by atoms with E-state index in [2.05, 4.69) is 10.8 Å². The molecule has 0 saturated carbocycles. The molecule has 1 N–H and O–H groups in total. The van der Waals surface area contributed by atoms with Crippen LogP contribution in [-0.2, 0) is 14.3 Å². The monoisotopic (exact) mass is 202 g/mol. The van der Waals surface area contributed by atoms with E-state index in [-0.39, 0.29) is 18.9 Å². The van der Waals surface area contributed by atoms with Gasteiger partial charge in [-0.15, -0.1) is 0 Å². The number of ether oxygens (including phenoxy) is 1. The van der Waals surface area contributed by atoms with Gasteiger partial charge in [0.05, 0.1) is 0 Å². The minimum atomic E-state index is -1.14. The summed E-state index contributed by atoms with van der Waals surface area (Å²) >= 11 is 0. The molecule has 0 aliphatic carbocycles. The zero-order valence-corrected chi connectivity index (χ0v) is 8.77. The predicted molar refractivity (Wildman–Crippen MR) is 49.5 cm³/mol. The summed E-state index contributed by atoms with van der Waals surface area (Å²) in [5.41, 5.74) is 0. The molecule has 0 saturated heterocycles. The topological polar surface area (TPSA) is 63.6 Å². The van der Waals surface area contributed by atoms with E-state index in [1.54, 1.807) is 0 Å². The SMILES string of the molecule is CC(=O)OCC(=O)O.[Li+].[c-]1ccccc1. The van der Waals surface area contributed by atoms with Crippen molar-refractivity contribution in [3.05, 3.63) is 36.4 Å². The summed E-state index contributed by atoms with van der Waals surface area (Å²) in [5, 5.41) is 7.89. The predicted octanol–water partition coefficient (Wildman–Crippen LogP) is -1.88.